The van der Waals surface area contributed by atoms with Gasteiger partial charge in [0.25, 0.3) is 0 Å². The standard InChI is InChI=1S/C13H18BrN5/c1-18(9-11-4-2-3-7-15-11)13-16-12-6-5-10(14)8-19(12)17-13/h5-6,8,11,15H,2-4,7,9H2,1H3. The molecule has 0 aromatic carbocycles. The molecule has 5 nitrogen and oxygen atoms in total. The van der Waals surface area contributed by atoms with Gasteiger partial charge in [-0.25, -0.2) is 4.52 Å². The number of pyridine rings is 1. The Bertz CT molecular complexity index is 561. The largest absolute Gasteiger partial charge is 0.341 e. The molecule has 3 rings (SSSR count). The number of nitrogens with one attached hydrogen (secondary N) is 1. The smallest absolute Gasteiger partial charge is 0.245 e. The second kappa shape index (κ2) is 5.46. The van der Waals surface area contributed by atoms with Gasteiger partial charge >= 0.3 is 0 Å². The van der Waals surface area contributed by atoms with Crippen molar-refractivity contribution in [2.75, 3.05) is 25.0 Å². The van der Waals surface area contributed by atoms with Crippen molar-refractivity contribution in [2.24, 2.45) is 0 Å². The second-order valence-corrected chi connectivity index (χ2v) is 6.00. The number of halogens is 1. The normalized spacial score (nSPS) is 19.8. The van der Waals surface area contributed by atoms with E-state index in [1.807, 2.05) is 22.8 Å². The second-order valence-electron chi connectivity index (χ2n) is 5.09. The van der Waals surface area contributed by atoms with E-state index in [2.05, 4.69) is 43.3 Å². The van der Waals surface area contributed by atoms with Crippen LogP contribution in [0.1, 0.15) is 19.3 Å². The van der Waals surface area contributed by atoms with Crippen LogP contribution in [0.25, 0.3) is 5.65 Å². The summed E-state index contributed by atoms with van der Waals surface area (Å²) in [6, 6.07) is 4.50. The molecule has 0 bridgehead atoms. The molecule has 1 saturated heterocycles. The molecule has 1 aliphatic heterocycles. The third kappa shape index (κ3) is 2.90. The fourth-order valence-corrected chi connectivity index (χ4v) is 2.83. The van der Waals surface area contributed by atoms with Gasteiger partial charge in [-0.3, -0.25) is 0 Å². The zero-order chi connectivity index (χ0) is 13.2. The first-order valence-corrected chi connectivity index (χ1v) is 7.48. The molecule has 3 heterocycles. The number of anilines is 1. The topological polar surface area (TPSA) is 45.5 Å². The number of piperidine rings is 1. The Morgan fingerprint density at radius 1 is 1.47 bits per heavy atom. The van der Waals surface area contributed by atoms with Gasteiger partial charge < -0.3 is 10.2 Å². The molecule has 6 heteroatoms. The Morgan fingerprint density at radius 3 is 3.16 bits per heavy atom. The zero-order valence-electron chi connectivity index (χ0n) is 11.0. The first-order chi connectivity index (χ1) is 9.22. The SMILES string of the molecule is CN(CC1CCCCN1)c1nc2ccc(Br)cn2n1. The highest BCUT2D eigenvalue weighted by atomic mass is 79.9. The van der Waals surface area contributed by atoms with Gasteiger partial charge in [0.05, 0.1) is 0 Å². The lowest BCUT2D eigenvalue weighted by molar-refractivity contribution is 0.402. The Labute approximate surface area is 121 Å². The summed E-state index contributed by atoms with van der Waals surface area (Å²) in [5, 5.41) is 8.06. The molecule has 0 amide bonds. The molecule has 1 aliphatic rings. The van der Waals surface area contributed by atoms with Crippen molar-refractivity contribution in [1.29, 1.82) is 0 Å². The van der Waals surface area contributed by atoms with Crippen LogP contribution in [0.4, 0.5) is 5.95 Å². The van der Waals surface area contributed by atoms with E-state index in [9.17, 15) is 0 Å². The van der Waals surface area contributed by atoms with E-state index in [0.717, 1.165) is 29.2 Å². The summed E-state index contributed by atoms with van der Waals surface area (Å²) in [7, 11) is 2.06. The molecule has 1 N–H and O–H groups in total. The molecule has 0 spiro atoms. The molecule has 102 valence electrons. The van der Waals surface area contributed by atoms with Crippen LogP contribution in [0.2, 0.25) is 0 Å². The minimum Gasteiger partial charge on any atom is -0.341 e. The van der Waals surface area contributed by atoms with Crippen LogP contribution in [-0.2, 0) is 0 Å². The van der Waals surface area contributed by atoms with E-state index in [-0.39, 0.29) is 0 Å². The molecular weight excluding hydrogens is 306 g/mol. The molecule has 2 aromatic heterocycles. The molecule has 0 aliphatic carbocycles. The fourth-order valence-electron chi connectivity index (χ4n) is 2.50. The summed E-state index contributed by atoms with van der Waals surface area (Å²) in [4.78, 5) is 6.68. The van der Waals surface area contributed by atoms with E-state index in [0.29, 0.717) is 6.04 Å². The van der Waals surface area contributed by atoms with Crippen molar-refractivity contribution in [2.45, 2.75) is 25.3 Å². The van der Waals surface area contributed by atoms with Crippen LogP contribution in [0, 0.1) is 0 Å². The summed E-state index contributed by atoms with van der Waals surface area (Å²) < 4.78 is 2.82. The number of nitrogens with zero attached hydrogens (tertiary/aromatic N) is 4. The lowest BCUT2D eigenvalue weighted by atomic mass is 10.1. The number of rotatable bonds is 3. The molecule has 2 aromatic rings. The van der Waals surface area contributed by atoms with E-state index in [1.165, 1.54) is 19.3 Å². The monoisotopic (exact) mass is 323 g/mol. The fraction of sp³-hybridized carbons (Fsp3) is 0.538. The maximum Gasteiger partial charge on any atom is 0.245 e. The average molecular weight is 324 g/mol. The van der Waals surface area contributed by atoms with Crippen molar-refractivity contribution in [1.82, 2.24) is 19.9 Å². The number of aromatic nitrogens is 3. The van der Waals surface area contributed by atoms with Crippen LogP contribution in [0.15, 0.2) is 22.8 Å². The van der Waals surface area contributed by atoms with E-state index >= 15 is 0 Å². The average Bonchev–Trinajstić information content (AvgIpc) is 2.83. The van der Waals surface area contributed by atoms with Crippen LogP contribution < -0.4 is 10.2 Å². The zero-order valence-corrected chi connectivity index (χ0v) is 12.6. The van der Waals surface area contributed by atoms with Gasteiger partial charge in [-0.1, -0.05) is 6.42 Å². The third-order valence-electron chi connectivity index (χ3n) is 3.53. The number of fused-ring (bicyclic) bond motifs is 1. The third-order valence-corrected chi connectivity index (χ3v) is 4.00. The van der Waals surface area contributed by atoms with Crippen LogP contribution in [0.5, 0.6) is 0 Å². The Hall–Kier alpha value is -1.14. The van der Waals surface area contributed by atoms with Crippen molar-refractivity contribution < 1.29 is 0 Å². The quantitative estimate of drug-likeness (QED) is 0.939. The molecule has 1 fully saturated rings. The lowest BCUT2D eigenvalue weighted by Gasteiger charge is -2.27. The molecule has 1 atom stereocenters. The Morgan fingerprint density at radius 2 is 2.37 bits per heavy atom. The van der Waals surface area contributed by atoms with Crippen LogP contribution >= 0.6 is 15.9 Å². The maximum atomic E-state index is 4.55. The van der Waals surface area contributed by atoms with E-state index in [1.54, 1.807) is 0 Å². The van der Waals surface area contributed by atoms with E-state index in [4.69, 9.17) is 0 Å². The van der Waals surface area contributed by atoms with Crippen molar-refractivity contribution in [3.05, 3.63) is 22.8 Å². The summed E-state index contributed by atoms with van der Waals surface area (Å²) in [6.45, 7) is 2.09. The van der Waals surface area contributed by atoms with Gasteiger partial charge in [0, 0.05) is 30.3 Å². The molecule has 0 saturated carbocycles. The highest BCUT2D eigenvalue weighted by Gasteiger charge is 2.17. The highest BCUT2D eigenvalue weighted by molar-refractivity contribution is 9.10. The predicted molar refractivity (Wildman–Crippen MR) is 79.6 cm³/mol. The Kier molecular flexibility index (Phi) is 3.70. The van der Waals surface area contributed by atoms with Crippen molar-refractivity contribution >= 4 is 27.5 Å². The number of hydrogen-bond donors (Lipinski definition) is 1. The summed E-state index contributed by atoms with van der Waals surface area (Å²) in [6.07, 6.45) is 5.78. The minimum atomic E-state index is 0.553. The summed E-state index contributed by atoms with van der Waals surface area (Å²) >= 11 is 3.45. The van der Waals surface area contributed by atoms with Crippen LogP contribution in [0.3, 0.4) is 0 Å². The first kappa shape index (κ1) is 12.9. The van der Waals surface area contributed by atoms with Gasteiger partial charge in [-0.05, 0) is 47.4 Å². The van der Waals surface area contributed by atoms with Crippen molar-refractivity contribution in [3.63, 3.8) is 0 Å². The van der Waals surface area contributed by atoms with Gasteiger partial charge in [0.15, 0.2) is 5.65 Å². The first-order valence-electron chi connectivity index (χ1n) is 6.69. The van der Waals surface area contributed by atoms with Gasteiger partial charge in [-0.2, -0.15) is 4.98 Å². The summed E-state index contributed by atoms with van der Waals surface area (Å²) in [5.74, 6) is 0.783. The lowest BCUT2D eigenvalue weighted by Crippen LogP contribution is -2.42. The molecule has 0 radical (unpaired) electrons. The summed E-state index contributed by atoms with van der Waals surface area (Å²) in [5.41, 5.74) is 0.877. The predicted octanol–water partition coefficient (Wildman–Crippen LogP) is 2.07. The molecule has 1 unspecified atom stereocenters. The Balaban J connectivity index is 1.75. The number of likely N-dealkylation sites (N-methyl/N-ethyl adjacent to an activating group) is 1. The van der Waals surface area contributed by atoms with Crippen LogP contribution in [-0.4, -0.2) is 40.8 Å². The van der Waals surface area contributed by atoms with Gasteiger partial charge in [-0.15, -0.1) is 5.10 Å². The van der Waals surface area contributed by atoms with Crippen molar-refractivity contribution in [3.8, 4) is 0 Å². The molecular formula is C13H18BrN5. The maximum absolute atomic E-state index is 4.55. The van der Waals surface area contributed by atoms with E-state index < -0.39 is 0 Å². The highest BCUT2D eigenvalue weighted by Crippen LogP contribution is 2.15. The van der Waals surface area contributed by atoms with Gasteiger partial charge in [0.1, 0.15) is 0 Å². The van der Waals surface area contributed by atoms with Gasteiger partial charge in [0.2, 0.25) is 5.95 Å². The minimum absolute atomic E-state index is 0.553. The number of hydrogen-bond acceptors (Lipinski definition) is 4. The molecule has 19 heavy (non-hydrogen) atoms.